The lowest BCUT2D eigenvalue weighted by atomic mass is 9.77. The Hall–Kier alpha value is -1.18. The third-order valence-electron chi connectivity index (χ3n) is 4.08. The molecule has 1 aliphatic rings. The second-order valence-electron chi connectivity index (χ2n) is 5.47. The largest absolute Gasteiger partial charge is 0.299 e. The van der Waals surface area contributed by atoms with Crippen molar-refractivity contribution >= 4 is 5.78 Å². The molecule has 1 aromatic heterocycles. The van der Waals surface area contributed by atoms with Crippen LogP contribution < -0.4 is 0 Å². The van der Waals surface area contributed by atoms with Crippen molar-refractivity contribution in [3.8, 4) is 0 Å². The molecule has 0 saturated heterocycles. The SMILES string of the molecule is CCCC1CCC(C(=O)Cc2ccccn2)CC1. The number of carbonyl (C=O) groups is 1. The molecule has 0 aliphatic heterocycles. The van der Waals surface area contributed by atoms with Crippen LogP contribution >= 0.6 is 0 Å². The molecule has 0 aromatic carbocycles. The number of aromatic nitrogens is 1. The van der Waals surface area contributed by atoms with Crippen molar-refractivity contribution in [1.82, 2.24) is 4.98 Å². The Morgan fingerprint density at radius 3 is 2.67 bits per heavy atom. The maximum absolute atomic E-state index is 12.2. The first kappa shape index (κ1) is 13.3. The maximum atomic E-state index is 12.2. The molecule has 0 atom stereocenters. The number of rotatable bonds is 5. The number of hydrogen-bond donors (Lipinski definition) is 0. The van der Waals surface area contributed by atoms with Crippen molar-refractivity contribution in [3.05, 3.63) is 30.1 Å². The van der Waals surface area contributed by atoms with Gasteiger partial charge in [-0.3, -0.25) is 9.78 Å². The molecule has 2 nitrogen and oxygen atoms in total. The molecule has 0 radical (unpaired) electrons. The monoisotopic (exact) mass is 245 g/mol. The first-order valence-electron chi connectivity index (χ1n) is 7.22. The van der Waals surface area contributed by atoms with Gasteiger partial charge in [0.15, 0.2) is 0 Å². The minimum atomic E-state index is 0.292. The highest BCUT2D eigenvalue weighted by atomic mass is 16.1. The maximum Gasteiger partial charge on any atom is 0.141 e. The van der Waals surface area contributed by atoms with E-state index in [-0.39, 0.29) is 0 Å². The van der Waals surface area contributed by atoms with Gasteiger partial charge in [-0.2, -0.15) is 0 Å². The Balaban J connectivity index is 1.81. The average Bonchev–Trinajstić information content (AvgIpc) is 2.41. The first-order valence-corrected chi connectivity index (χ1v) is 7.22. The van der Waals surface area contributed by atoms with Gasteiger partial charge in [-0.1, -0.05) is 25.8 Å². The van der Waals surface area contributed by atoms with E-state index in [0.717, 1.165) is 24.5 Å². The highest BCUT2D eigenvalue weighted by Crippen LogP contribution is 2.32. The molecule has 2 rings (SSSR count). The van der Waals surface area contributed by atoms with E-state index in [1.807, 2.05) is 18.2 Å². The second-order valence-corrected chi connectivity index (χ2v) is 5.47. The Bertz CT molecular complexity index is 366. The average molecular weight is 245 g/mol. The van der Waals surface area contributed by atoms with Gasteiger partial charge in [-0.15, -0.1) is 0 Å². The number of carbonyl (C=O) groups excluding carboxylic acids is 1. The van der Waals surface area contributed by atoms with Gasteiger partial charge in [0, 0.05) is 24.2 Å². The summed E-state index contributed by atoms with van der Waals surface area (Å²) < 4.78 is 0. The van der Waals surface area contributed by atoms with Crippen molar-refractivity contribution < 1.29 is 4.79 Å². The third kappa shape index (κ3) is 3.66. The molecule has 0 spiro atoms. The number of nitrogens with zero attached hydrogens (tertiary/aromatic N) is 1. The van der Waals surface area contributed by atoms with E-state index in [2.05, 4.69) is 11.9 Å². The summed E-state index contributed by atoms with van der Waals surface area (Å²) in [5.41, 5.74) is 0.915. The fourth-order valence-corrected chi connectivity index (χ4v) is 3.01. The zero-order chi connectivity index (χ0) is 12.8. The lowest BCUT2D eigenvalue weighted by Crippen LogP contribution is -2.23. The standard InChI is InChI=1S/C16H23NO/c1-2-5-13-7-9-14(10-8-13)16(18)12-15-6-3-4-11-17-15/h3-4,6,11,13-14H,2,5,7-10,12H2,1H3. The zero-order valence-corrected chi connectivity index (χ0v) is 11.3. The van der Waals surface area contributed by atoms with E-state index in [9.17, 15) is 4.79 Å². The molecule has 1 heterocycles. The van der Waals surface area contributed by atoms with Crippen LogP contribution in [-0.2, 0) is 11.2 Å². The fraction of sp³-hybridized carbons (Fsp3) is 0.625. The van der Waals surface area contributed by atoms with Crippen LogP contribution in [0, 0.1) is 11.8 Å². The van der Waals surface area contributed by atoms with E-state index in [1.165, 1.54) is 25.7 Å². The third-order valence-corrected chi connectivity index (χ3v) is 4.08. The topological polar surface area (TPSA) is 30.0 Å². The minimum absolute atomic E-state index is 0.292. The van der Waals surface area contributed by atoms with Gasteiger partial charge in [-0.05, 0) is 43.7 Å². The molecule has 1 aliphatic carbocycles. The smallest absolute Gasteiger partial charge is 0.141 e. The summed E-state index contributed by atoms with van der Waals surface area (Å²) in [6.45, 7) is 2.25. The fourth-order valence-electron chi connectivity index (χ4n) is 3.01. The van der Waals surface area contributed by atoms with Crippen LogP contribution in [0.3, 0.4) is 0 Å². The summed E-state index contributed by atoms with van der Waals surface area (Å²) in [7, 11) is 0. The summed E-state index contributed by atoms with van der Waals surface area (Å²) in [5, 5.41) is 0. The van der Waals surface area contributed by atoms with Gasteiger partial charge >= 0.3 is 0 Å². The van der Waals surface area contributed by atoms with Gasteiger partial charge in [0.05, 0.1) is 0 Å². The summed E-state index contributed by atoms with van der Waals surface area (Å²) in [6.07, 6.45) is 9.56. The molecule has 0 unspecified atom stereocenters. The summed E-state index contributed by atoms with van der Waals surface area (Å²) in [5.74, 6) is 1.55. The van der Waals surface area contributed by atoms with Crippen LogP contribution in [0.5, 0.6) is 0 Å². The highest BCUT2D eigenvalue weighted by molar-refractivity contribution is 5.82. The van der Waals surface area contributed by atoms with Crippen molar-refractivity contribution in [1.29, 1.82) is 0 Å². The van der Waals surface area contributed by atoms with Crippen LogP contribution in [0.25, 0.3) is 0 Å². The van der Waals surface area contributed by atoms with Crippen LogP contribution in [0.15, 0.2) is 24.4 Å². The summed E-state index contributed by atoms with van der Waals surface area (Å²) in [4.78, 5) is 16.4. The number of Topliss-reactive ketones (excluding diaryl/α,β-unsaturated/α-hetero) is 1. The number of ketones is 1. The van der Waals surface area contributed by atoms with Crippen molar-refractivity contribution in [2.24, 2.45) is 11.8 Å². The predicted octanol–water partition coefficient (Wildman–Crippen LogP) is 3.80. The molecular formula is C16H23NO. The molecule has 98 valence electrons. The second kappa shape index (κ2) is 6.67. The van der Waals surface area contributed by atoms with E-state index in [1.54, 1.807) is 6.20 Å². The molecule has 18 heavy (non-hydrogen) atoms. The Morgan fingerprint density at radius 2 is 2.06 bits per heavy atom. The molecule has 2 heteroatoms. The number of pyridine rings is 1. The van der Waals surface area contributed by atoms with E-state index < -0.39 is 0 Å². The Kier molecular flexibility index (Phi) is 4.91. The van der Waals surface area contributed by atoms with Gasteiger partial charge in [0.25, 0.3) is 0 Å². The molecule has 0 amide bonds. The predicted molar refractivity (Wildman–Crippen MR) is 73.3 cm³/mol. The lowest BCUT2D eigenvalue weighted by Gasteiger charge is -2.27. The van der Waals surface area contributed by atoms with Gasteiger partial charge in [0.2, 0.25) is 0 Å². The Morgan fingerprint density at radius 1 is 1.28 bits per heavy atom. The van der Waals surface area contributed by atoms with Crippen molar-refractivity contribution in [2.75, 3.05) is 0 Å². The zero-order valence-electron chi connectivity index (χ0n) is 11.3. The van der Waals surface area contributed by atoms with Crippen molar-refractivity contribution in [2.45, 2.75) is 51.9 Å². The molecule has 0 N–H and O–H groups in total. The van der Waals surface area contributed by atoms with Crippen LogP contribution in [0.2, 0.25) is 0 Å². The van der Waals surface area contributed by atoms with Crippen LogP contribution in [-0.4, -0.2) is 10.8 Å². The first-order chi connectivity index (χ1) is 8.79. The van der Waals surface area contributed by atoms with Crippen LogP contribution in [0.4, 0.5) is 0 Å². The summed E-state index contributed by atoms with van der Waals surface area (Å²) in [6, 6.07) is 5.79. The molecule has 1 saturated carbocycles. The lowest BCUT2D eigenvalue weighted by molar-refractivity contribution is -0.123. The molecular weight excluding hydrogens is 222 g/mol. The van der Waals surface area contributed by atoms with E-state index in [4.69, 9.17) is 0 Å². The van der Waals surface area contributed by atoms with Gasteiger partial charge < -0.3 is 0 Å². The van der Waals surface area contributed by atoms with E-state index in [0.29, 0.717) is 18.1 Å². The normalized spacial score (nSPS) is 23.8. The van der Waals surface area contributed by atoms with Gasteiger partial charge in [-0.25, -0.2) is 0 Å². The summed E-state index contributed by atoms with van der Waals surface area (Å²) >= 11 is 0. The molecule has 1 aromatic rings. The van der Waals surface area contributed by atoms with E-state index >= 15 is 0 Å². The number of hydrogen-bond acceptors (Lipinski definition) is 2. The quantitative estimate of drug-likeness (QED) is 0.789. The molecule has 1 fully saturated rings. The minimum Gasteiger partial charge on any atom is -0.299 e. The highest BCUT2D eigenvalue weighted by Gasteiger charge is 2.25. The van der Waals surface area contributed by atoms with Crippen LogP contribution in [0.1, 0.15) is 51.1 Å². The Labute approximate surface area is 110 Å². The molecule has 0 bridgehead atoms. The van der Waals surface area contributed by atoms with Crippen molar-refractivity contribution in [3.63, 3.8) is 0 Å². The van der Waals surface area contributed by atoms with Gasteiger partial charge in [0.1, 0.15) is 5.78 Å².